The molecule has 40 heavy (non-hydrogen) atoms. The third kappa shape index (κ3) is 6.94. The third-order valence-electron chi connectivity index (χ3n) is 6.64. The lowest BCUT2D eigenvalue weighted by atomic mass is 9.73. The fraction of sp³-hybridized carbons (Fsp3) is 0.448. The van der Waals surface area contributed by atoms with Gasteiger partial charge in [0.15, 0.2) is 0 Å². The number of rotatable bonds is 9. The highest BCUT2D eigenvalue weighted by Gasteiger charge is 2.55. The molecule has 0 spiro atoms. The van der Waals surface area contributed by atoms with Crippen LogP contribution in [0.5, 0.6) is 5.75 Å². The predicted molar refractivity (Wildman–Crippen MR) is 144 cm³/mol. The van der Waals surface area contributed by atoms with E-state index in [9.17, 15) is 23.2 Å². The van der Waals surface area contributed by atoms with Gasteiger partial charge in [0.05, 0.1) is 5.71 Å². The van der Waals surface area contributed by atoms with Crippen molar-refractivity contribution in [1.82, 2.24) is 15.2 Å². The quantitative estimate of drug-likeness (QED) is 0.505. The summed E-state index contributed by atoms with van der Waals surface area (Å²) in [7, 11) is 0. The van der Waals surface area contributed by atoms with Gasteiger partial charge in [-0.2, -0.15) is 5.10 Å². The Bertz CT molecular complexity index is 1240. The molecule has 2 aliphatic heterocycles. The molecule has 2 atom stereocenters. The molecule has 1 N–H and O–H groups in total. The first kappa shape index (κ1) is 29.0. The standard InChI is InChI=1S/C29H34F2N4O5/c1-28(2,3)40-27(38)32-22(18-39-21-12-8-5-9-13-21)25(36)34-15-14-23-29(19-34,16-20-10-6-4-7-11-20)26(37)35(33-23)17-24(30)31/h4-13,22,24H,14-19H2,1-3H3,(H,32,38). The van der Waals surface area contributed by atoms with Gasteiger partial charge in [-0.3, -0.25) is 9.59 Å². The molecule has 0 aromatic heterocycles. The molecule has 11 heteroatoms. The molecule has 2 aromatic carbocycles. The van der Waals surface area contributed by atoms with E-state index in [2.05, 4.69) is 10.4 Å². The predicted octanol–water partition coefficient (Wildman–Crippen LogP) is 3.88. The number of alkyl halides is 2. The van der Waals surface area contributed by atoms with Gasteiger partial charge in [-0.15, -0.1) is 0 Å². The van der Waals surface area contributed by atoms with E-state index in [-0.39, 0.29) is 32.5 Å². The number of hydrogen-bond acceptors (Lipinski definition) is 6. The maximum absolute atomic E-state index is 13.9. The molecule has 3 amide bonds. The molecule has 2 heterocycles. The highest BCUT2D eigenvalue weighted by molar-refractivity contribution is 6.13. The molecule has 2 unspecified atom stereocenters. The molecule has 0 bridgehead atoms. The van der Waals surface area contributed by atoms with Crippen molar-refractivity contribution in [2.24, 2.45) is 10.5 Å². The van der Waals surface area contributed by atoms with Gasteiger partial charge >= 0.3 is 6.09 Å². The van der Waals surface area contributed by atoms with Gasteiger partial charge in [0, 0.05) is 19.5 Å². The number of alkyl carbamates (subject to hydrolysis) is 1. The van der Waals surface area contributed by atoms with Crippen molar-refractivity contribution in [2.75, 3.05) is 26.2 Å². The third-order valence-corrected chi connectivity index (χ3v) is 6.64. The molecular weight excluding hydrogens is 522 g/mol. The number of hydrogen-bond donors (Lipinski definition) is 1. The maximum Gasteiger partial charge on any atom is 0.408 e. The zero-order chi connectivity index (χ0) is 28.9. The number of piperidine rings is 1. The summed E-state index contributed by atoms with van der Waals surface area (Å²) in [6, 6.07) is 16.9. The molecule has 1 saturated heterocycles. The molecule has 2 aliphatic rings. The van der Waals surface area contributed by atoms with Gasteiger partial charge in [-0.05, 0) is 44.9 Å². The van der Waals surface area contributed by atoms with Gasteiger partial charge in [0.25, 0.3) is 12.3 Å². The molecule has 2 aromatic rings. The number of nitrogens with one attached hydrogen (secondary N) is 1. The lowest BCUT2D eigenvalue weighted by Gasteiger charge is -2.40. The molecular formula is C29H34F2N4O5. The number of carbonyl (C=O) groups excluding carboxylic acids is 3. The Morgan fingerprint density at radius 1 is 1.07 bits per heavy atom. The van der Waals surface area contributed by atoms with Crippen LogP contribution < -0.4 is 10.1 Å². The Morgan fingerprint density at radius 3 is 2.35 bits per heavy atom. The summed E-state index contributed by atoms with van der Waals surface area (Å²) in [5, 5.41) is 7.70. The SMILES string of the molecule is CC(C)(C)OC(=O)NC(COc1ccccc1)C(=O)N1CCC2=NN(CC(F)F)C(=O)C2(Cc2ccccc2)C1. The Hall–Kier alpha value is -4.02. The number of para-hydroxylation sites is 1. The number of benzene rings is 2. The summed E-state index contributed by atoms with van der Waals surface area (Å²) >= 11 is 0. The van der Waals surface area contributed by atoms with Crippen molar-refractivity contribution < 1.29 is 32.6 Å². The highest BCUT2D eigenvalue weighted by atomic mass is 19.3. The molecule has 1 fully saturated rings. The van der Waals surface area contributed by atoms with E-state index >= 15 is 0 Å². The minimum atomic E-state index is -2.75. The van der Waals surface area contributed by atoms with Crippen molar-refractivity contribution in [3.8, 4) is 5.75 Å². The first-order valence-corrected chi connectivity index (χ1v) is 13.1. The smallest absolute Gasteiger partial charge is 0.408 e. The summed E-state index contributed by atoms with van der Waals surface area (Å²) in [5.74, 6) is -0.539. The largest absolute Gasteiger partial charge is 0.491 e. The van der Waals surface area contributed by atoms with E-state index < -0.39 is 47.9 Å². The first-order valence-electron chi connectivity index (χ1n) is 13.1. The molecule has 4 rings (SSSR count). The average molecular weight is 557 g/mol. The van der Waals surface area contributed by atoms with E-state index in [1.54, 1.807) is 45.0 Å². The number of nitrogens with zero attached hydrogens (tertiary/aromatic N) is 3. The van der Waals surface area contributed by atoms with Crippen LogP contribution in [-0.4, -0.2) is 77.8 Å². The zero-order valence-electron chi connectivity index (χ0n) is 22.8. The average Bonchev–Trinajstić information content (AvgIpc) is 3.16. The first-order chi connectivity index (χ1) is 19.0. The molecule has 9 nitrogen and oxygen atoms in total. The van der Waals surface area contributed by atoms with E-state index in [0.29, 0.717) is 11.5 Å². The molecule has 0 saturated carbocycles. The Kier molecular flexibility index (Phi) is 8.70. The lowest BCUT2D eigenvalue weighted by Crippen LogP contribution is -2.60. The number of ether oxygens (including phenoxy) is 2. The minimum absolute atomic E-state index is 0.0734. The summed E-state index contributed by atoms with van der Waals surface area (Å²) in [6.07, 6.45) is -3.12. The highest BCUT2D eigenvalue weighted by Crippen LogP contribution is 2.39. The van der Waals surface area contributed by atoms with E-state index in [4.69, 9.17) is 9.47 Å². The second-order valence-electron chi connectivity index (χ2n) is 10.9. The van der Waals surface area contributed by atoms with E-state index in [0.717, 1.165) is 10.6 Å². The van der Waals surface area contributed by atoms with Crippen molar-refractivity contribution in [3.63, 3.8) is 0 Å². The van der Waals surface area contributed by atoms with Crippen LogP contribution in [0.2, 0.25) is 0 Å². The van der Waals surface area contributed by atoms with Crippen molar-refractivity contribution in [1.29, 1.82) is 0 Å². The second-order valence-corrected chi connectivity index (χ2v) is 10.9. The lowest BCUT2D eigenvalue weighted by molar-refractivity contribution is -0.143. The minimum Gasteiger partial charge on any atom is -0.491 e. The summed E-state index contributed by atoms with van der Waals surface area (Å²) in [4.78, 5) is 41.6. The van der Waals surface area contributed by atoms with Crippen molar-refractivity contribution in [2.45, 2.75) is 51.7 Å². The second kappa shape index (κ2) is 12.0. The summed E-state index contributed by atoms with van der Waals surface area (Å²) < 4.78 is 37.7. The molecule has 0 radical (unpaired) electrons. The van der Waals surface area contributed by atoms with Crippen LogP contribution >= 0.6 is 0 Å². The number of fused-ring (bicyclic) bond motifs is 1. The topological polar surface area (TPSA) is 101 Å². The number of likely N-dealkylation sites (tertiary alicyclic amines) is 1. The number of carbonyl (C=O) groups is 3. The molecule has 0 aliphatic carbocycles. The van der Waals surface area contributed by atoms with Crippen LogP contribution in [0.3, 0.4) is 0 Å². The number of halogens is 2. The monoisotopic (exact) mass is 556 g/mol. The van der Waals surface area contributed by atoms with Gasteiger partial charge in [-0.25, -0.2) is 18.6 Å². The maximum atomic E-state index is 13.9. The van der Waals surface area contributed by atoms with Crippen molar-refractivity contribution >= 4 is 23.6 Å². The van der Waals surface area contributed by atoms with Gasteiger partial charge in [-0.1, -0.05) is 48.5 Å². The van der Waals surface area contributed by atoms with Crippen LogP contribution in [0.4, 0.5) is 13.6 Å². The Labute approximate surface area is 232 Å². The normalized spacial score (nSPS) is 19.6. The van der Waals surface area contributed by atoms with Gasteiger partial charge in [0.1, 0.15) is 36.0 Å². The Balaban J connectivity index is 1.59. The van der Waals surface area contributed by atoms with Gasteiger partial charge < -0.3 is 19.7 Å². The van der Waals surface area contributed by atoms with Crippen LogP contribution in [0.25, 0.3) is 0 Å². The Morgan fingerprint density at radius 2 is 1.73 bits per heavy atom. The van der Waals surface area contributed by atoms with Crippen LogP contribution in [0.1, 0.15) is 32.8 Å². The van der Waals surface area contributed by atoms with Crippen LogP contribution in [0.15, 0.2) is 65.8 Å². The van der Waals surface area contributed by atoms with E-state index in [1.165, 1.54) is 4.90 Å². The van der Waals surface area contributed by atoms with Crippen molar-refractivity contribution in [3.05, 3.63) is 66.2 Å². The summed E-state index contributed by atoms with van der Waals surface area (Å²) in [6.45, 7) is 4.24. The fourth-order valence-electron chi connectivity index (χ4n) is 4.91. The van der Waals surface area contributed by atoms with Crippen LogP contribution in [-0.2, 0) is 20.7 Å². The summed E-state index contributed by atoms with van der Waals surface area (Å²) in [5.41, 5.74) is -0.796. The van der Waals surface area contributed by atoms with Crippen LogP contribution in [0, 0.1) is 5.41 Å². The van der Waals surface area contributed by atoms with E-state index in [1.807, 2.05) is 36.4 Å². The zero-order valence-corrected chi connectivity index (χ0v) is 22.8. The van der Waals surface area contributed by atoms with Gasteiger partial charge in [0.2, 0.25) is 5.91 Å². The number of amides is 3. The fourth-order valence-corrected chi connectivity index (χ4v) is 4.91. The molecule has 214 valence electrons. The number of hydrazone groups is 1.